The first-order valence-electron chi connectivity index (χ1n) is 9.96. The van der Waals surface area contributed by atoms with Crippen LogP contribution in [-0.4, -0.2) is 40.0 Å². The molecule has 8 heteroatoms. The molecule has 1 aromatic heterocycles. The van der Waals surface area contributed by atoms with Gasteiger partial charge in [0, 0.05) is 24.9 Å². The highest BCUT2D eigenvalue weighted by Gasteiger charge is 2.23. The molecule has 0 atom stereocenters. The fourth-order valence-corrected chi connectivity index (χ4v) is 4.08. The van der Waals surface area contributed by atoms with Gasteiger partial charge in [-0.3, -0.25) is 14.4 Å². The minimum Gasteiger partial charge on any atom is -0.333 e. The summed E-state index contributed by atoms with van der Waals surface area (Å²) < 4.78 is 14.2. The molecule has 2 amide bonds. The van der Waals surface area contributed by atoms with Gasteiger partial charge in [0.15, 0.2) is 0 Å². The summed E-state index contributed by atoms with van der Waals surface area (Å²) in [6.45, 7) is 0.481. The Hall–Kier alpha value is -3.03. The quantitative estimate of drug-likeness (QED) is 0.805. The van der Waals surface area contributed by atoms with Crippen molar-refractivity contribution >= 4 is 17.5 Å². The maximum Gasteiger partial charge on any atom is 0.267 e. The monoisotopic (exact) mass is 398 g/mol. The molecule has 1 aliphatic heterocycles. The van der Waals surface area contributed by atoms with Crippen molar-refractivity contribution in [1.82, 2.24) is 15.1 Å². The fraction of sp³-hybridized carbons (Fsp3) is 0.429. The smallest absolute Gasteiger partial charge is 0.267 e. The van der Waals surface area contributed by atoms with Crippen LogP contribution < -0.4 is 10.9 Å². The number of benzene rings is 1. The summed E-state index contributed by atoms with van der Waals surface area (Å²) in [6, 6.07) is 4.54. The zero-order valence-corrected chi connectivity index (χ0v) is 16.1. The van der Waals surface area contributed by atoms with Crippen molar-refractivity contribution in [3.63, 3.8) is 0 Å². The van der Waals surface area contributed by atoms with E-state index >= 15 is 0 Å². The second-order valence-electron chi connectivity index (χ2n) is 7.62. The number of aromatic nitrogens is 2. The van der Waals surface area contributed by atoms with Gasteiger partial charge in [-0.05, 0) is 55.4 Å². The summed E-state index contributed by atoms with van der Waals surface area (Å²) in [5.74, 6) is -1.01. The number of H-pyrrole nitrogens is 1. The van der Waals surface area contributed by atoms with Crippen LogP contribution in [0.1, 0.15) is 48.1 Å². The van der Waals surface area contributed by atoms with Gasteiger partial charge in [0.25, 0.3) is 5.56 Å². The average molecular weight is 398 g/mol. The molecule has 2 aromatic rings. The number of anilines is 1. The fourth-order valence-electron chi connectivity index (χ4n) is 4.08. The minimum atomic E-state index is -0.536. The van der Waals surface area contributed by atoms with Crippen molar-refractivity contribution in [2.24, 2.45) is 0 Å². The normalized spacial score (nSPS) is 16.0. The molecule has 0 radical (unpaired) electrons. The van der Waals surface area contributed by atoms with Crippen LogP contribution in [0.4, 0.5) is 10.1 Å². The third-order valence-corrected chi connectivity index (χ3v) is 5.56. The summed E-state index contributed by atoms with van der Waals surface area (Å²) in [5.41, 5.74) is 3.30. The first kappa shape index (κ1) is 19.3. The van der Waals surface area contributed by atoms with Crippen LogP contribution in [0.25, 0.3) is 0 Å². The largest absolute Gasteiger partial charge is 0.333 e. The Balaban J connectivity index is 1.51. The lowest BCUT2D eigenvalue weighted by molar-refractivity contribution is -0.131. The van der Waals surface area contributed by atoms with Crippen molar-refractivity contribution in [2.75, 3.05) is 18.4 Å². The maximum absolute atomic E-state index is 14.2. The van der Waals surface area contributed by atoms with Crippen LogP contribution >= 0.6 is 0 Å². The van der Waals surface area contributed by atoms with Crippen molar-refractivity contribution in [1.29, 1.82) is 0 Å². The Kier molecular flexibility index (Phi) is 5.42. The predicted molar refractivity (Wildman–Crippen MR) is 105 cm³/mol. The highest BCUT2D eigenvalue weighted by atomic mass is 19.1. The van der Waals surface area contributed by atoms with Crippen LogP contribution in [0.5, 0.6) is 0 Å². The molecule has 4 rings (SSSR count). The van der Waals surface area contributed by atoms with Crippen molar-refractivity contribution < 1.29 is 14.0 Å². The van der Waals surface area contributed by atoms with Crippen molar-refractivity contribution in [3.05, 3.63) is 56.8 Å². The number of carbonyl (C=O) groups is 2. The number of aromatic amines is 1. The first-order chi connectivity index (χ1) is 14.0. The van der Waals surface area contributed by atoms with Gasteiger partial charge in [-0.15, -0.1) is 0 Å². The number of amides is 2. The van der Waals surface area contributed by atoms with Gasteiger partial charge >= 0.3 is 0 Å². The summed E-state index contributed by atoms with van der Waals surface area (Å²) >= 11 is 0. The Morgan fingerprint density at radius 3 is 2.69 bits per heavy atom. The van der Waals surface area contributed by atoms with E-state index in [2.05, 4.69) is 15.5 Å². The number of carbonyl (C=O) groups excluding carboxylic acids is 2. The number of halogens is 1. The standard InChI is InChI=1S/C21H23FN4O3/c22-16-8-7-13(10-17-14-4-1-2-5-15(14)21(29)25-24-17)11-18(16)23-19(27)12-26-9-3-6-20(26)28/h7-8,11H,1-6,9-10,12H2,(H,23,27)(H,25,29). The van der Waals surface area contributed by atoms with E-state index in [1.54, 1.807) is 12.1 Å². The van der Waals surface area contributed by atoms with Crippen LogP contribution in [0, 0.1) is 5.82 Å². The lowest BCUT2D eigenvalue weighted by atomic mass is 9.90. The van der Waals surface area contributed by atoms with Crippen LogP contribution in [0.15, 0.2) is 23.0 Å². The number of hydrogen-bond acceptors (Lipinski definition) is 4. The average Bonchev–Trinajstić information content (AvgIpc) is 3.11. The molecule has 2 N–H and O–H groups in total. The summed E-state index contributed by atoms with van der Waals surface area (Å²) in [7, 11) is 0. The molecule has 0 unspecified atom stereocenters. The zero-order valence-electron chi connectivity index (χ0n) is 16.1. The molecule has 1 fully saturated rings. The molecule has 2 aliphatic rings. The molecule has 1 aromatic carbocycles. The van der Waals surface area contributed by atoms with Crippen molar-refractivity contribution in [3.8, 4) is 0 Å². The molecular formula is C21H23FN4O3. The third kappa shape index (κ3) is 4.21. The van der Waals surface area contributed by atoms with Crippen LogP contribution in [0.2, 0.25) is 0 Å². The Morgan fingerprint density at radius 1 is 1.14 bits per heavy atom. The Morgan fingerprint density at radius 2 is 1.93 bits per heavy atom. The number of hydrogen-bond donors (Lipinski definition) is 2. The second kappa shape index (κ2) is 8.14. The number of nitrogens with one attached hydrogen (secondary N) is 2. The van der Waals surface area contributed by atoms with Crippen molar-refractivity contribution in [2.45, 2.75) is 44.9 Å². The van der Waals surface area contributed by atoms with E-state index in [0.717, 1.165) is 54.5 Å². The maximum atomic E-state index is 14.2. The third-order valence-electron chi connectivity index (χ3n) is 5.56. The van der Waals surface area contributed by atoms with E-state index < -0.39 is 11.7 Å². The molecule has 152 valence electrons. The molecule has 29 heavy (non-hydrogen) atoms. The zero-order chi connectivity index (χ0) is 20.4. The highest BCUT2D eigenvalue weighted by molar-refractivity contribution is 5.95. The van der Waals surface area contributed by atoms with E-state index in [1.807, 2.05) is 0 Å². The van der Waals surface area contributed by atoms with Gasteiger partial charge in [0.2, 0.25) is 11.8 Å². The number of likely N-dealkylation sites (tertiary alicyclic amines) is 1. The second-order valence-corrected chi connectivity index (χ2v) is 7.62. The van der Waals surface area contributed by atoms with Crippen LogP contribution in [-0.2, 0) is 28.9 Å². The summed E-state index contributed by atoms with van der Waals surface area (Å²) in [5, 5.41) is 9.35. The van der Waals surface area contributed by atoms with E-state index in [9.17, 15) is 18.8 Å². The first-order valence-corrected chi connectivity index (χ1v) is 9.96. The molecule has 7 nitrogen and oxygen atoms in total. The molecule has 0 bridgehead atoms. The molecule has 1 aliphatic carbocycles. The number of nitrogens with zero attached hydrogens (tertiary/aromatic N) is 2. The van der Waals surface area contributed by atoms with E-state index in [0.29, 0.717) is 19.4 Å². The lowest BCUT2D eigenvalue weighted by Crippen LogP contribution is -2.34. The lowest BCUT2D eigenvalue weighted by Gasteiger charge is -2.18. The molecule has 0 spiro atoms. The van der Waals surface area contributed by atoms with Gasteiger partial charge in [-0.1, -0.05) is 6.07 Å². The minimum absolute atomic E-state index is 0.0525. The van der Waals surface area contributed by atoms with Gasteiger partial charge in [0.05, 0.1) is 17.9 Å². The molecule has 1 saturated heterocycles. The van der Waals surface area contributed by atoms with Gasteiger partial charge < -0.3 is 10.2 Å². The topological polar surface area (TPSA) is 95.2 Å². The highest BCUT2D eigenvalue weighted by Crippen LogP contribution is 2.24. The predicted octanol–water partition coefficient (Wildman–Crippen LogP) is 1.94. The van der Waals surface area contributed by atoms with E-state index in [-0.39, 0.29) is 23.7 Å². The number of rotatable bonds is 5. The van der Waals surface area contributed by atoms with Crippen LogP contribution in [0.3, 0.4) is 0 Å². The number of fused-ring (bicyclic) bond motifs is 1. The molecule has 2 heterocycles. The summed E-state index contributed by atoms with van der Waals surface area (Å²) in [6.07, 6.45) is 5.21. The SMILES string of the molecule is O=C(CN1CCCC1=O)Nc1cc(Cc2n[nH]c(=O)c3c2CCCC3)ccc1F. The van der Waals surface area contributed by atoms with Gasteiger partial charge in [-0.2, -0.15) is 5.10 Å². The molecular weight excluding hydrogens is 375 g/mol. The van der Waals surface area contributed by atoms with E-state index in [1.165, 1.54) is 11.0 Å². The van der Waals surface area contributed by atoms with Gasteiger partial charge in [0.1, 0.15) is 5.82 Å². The summed E-state index contributed by atoms with van der Waals surface area (Å²) in [4.78, 5) is 37.4. The van der Waals surface area contributed by atoms with E-state index in [4.69, 9.17) is 0 Å². The Bertz CT molecular complexity index is 1020. The molecule has 0 saturated carbocycles. The Labute approximate surface area is 167 Å². The van der Waals surface area contributed by atoms with Gasteiger partial charge in [-0.25, -0.2) is 9.49 Å².